The first-order valence-electron chi connectivity index (χ1n) is 4.68. The van der Waals surface area contributed by atoms with Gasteiger partial charge in [-0.3, -0.25) is 0 Å². The maximum atomic E-state index is 9.86. The molecule has 14 heavy (non-hydrogen) atoms. The monoisotopic (exact) mass is 213 g/mol. The summed E-state index contributed by atoms with van der Waals surface area (Å²) in [4.78, 5) is 3.94. The van der Waals surface area contributed by atoms with Crippen LogP contribution in [0.1, 0.15) is 38.9 Å². The molecule has 1 aromatic heterocycles. The first kappa shape index (κ1) is 11.5. The summed E-state index contributed by atoms with van der Waals surface area (Å²) in [5.74, 6) is 0. The van der Waals surface area contributed by atoms with Crippen LogP contribution in [-0.2, 0) is 0 Å². The summed E-state index contributed by atoms with van der Waals surface area (Å²) in [6.45, 7) is 6.29. The van der Waals surface area contributed by atoms with Crippen LogP contribution >= 0.6 is 11.6 Å². The lowest BCUT2D eigenvalue weighted by atomic mass is 9.87. The second-order valence-corrected chi connectivity index (χ2v) is 5.08. The molecule has 0 spiro atoms. The molecule has 1 N–H and O–H groups in total. The zero-order valence-electron chi connectivity index (χ0n) is 8.79. The Morgan fingerprint density at radius 1 is 1.43 bits per heavy atom. The Labute approximate surface area is 89.9 Å². The molecule has 0 bridgehead atoms. The highest BCUT2D eigenvalue weighted by molar-refractivity contribution is 6.29. The molecule has 0 aliphatic rings. The number of aliphatic hydroxyl groups is 1. The fourth-order valence-corrected chi connectivity index (χ4v) is 1.39. The van der Waals surface area contributed by atoms with E-state index in [2.05, 4.69) is 25.8 Å². The van der Waals surface area contributed by atoms with Crippen molar-refractivity contribution >= 4 is 11.6 Å². The van der Waals surface area contributed by atoms with Crippen LogP contribution in [0.15, 0.2) is 18.3 Å². The van der Waals surface area contributed by atoms with Gasteiger partial charge in [-0.2, -0.15) is 0 Å². The van der Waals surface area contributed by atoms with E-state index >= 15 is 0 Å². The molecule has 0 saturated heterocycles. The topological polar surface area (TPSA) is 33.1 Å². The minimum Gasteiger partial charge on any atom is -0.388 e. The van der Waals surface area contributed by atoms with Crippen molar-refractivity contribution < 1.29 is 5.11 Å². The van der Waals surface area contributed by atoms with E-state index in [0.717, 1.165) is 12.0 Å². The SMILES string of the molecule is CC(C)(C)C[C@@H](O)c1ccc(Cl)nc1. The van der Waals surface area contributed by atoms with Crippen LogP contribution in [0.5, 0.6) is 0 Å². The van der Waals surface area contributed by atoms with Crippen LogP contribution in [0.25, 0.3) is 0 Å². The third kappa shape index (κ3) is 3.64. The molecule has 1 aromatic rings. The zero-order chi connectivity index (χ0) is 10.8. The molecule has 0 aliphatic heterocycles. The molecule has 0 aliphatic carbocycles. The highest BCUT2D eigenvalue weighted by Gasteiger charge is 2.18. The highest BCUT2D eigenvalue weighted by atomic mass is 35.5. The summed E-state index contributed by atoms with van der Waals surface area (Å²) in [5, 5.41) is 10.3. The Hall–Kier alpha value is -0.600. The Bertz CT molecular complexity index is 289. The second kappa shape index (κ2) is 4.28. The average Bonchev–Trinajstić information content (AvgIpc) is 2.02. The van der Waals surface area contributed by atoms with E-state index in [1.165, 1.54) is 0 Å². The van der Waals surface area contributed by atoms with Crippen LogP contribution in [0.2, 0.25) is 5.15 Å². The van der Waals surface area contributed by atoms with Gasteiger partial charge in [0.05, 0.1) is 6.10 Å². The molecule has 2 nitrogen and oxygen atoms in total. The Morgan fingerprint density at radius 3 is 2.50 bits per heavy atom. The predicted molar refractivity (Wildman–Crippen MR) is 58.3 cm³/mol. The molecule has 78 valence electrons. The van der Waals surface area contributed by atoms with Crippen molar-refractivity contribution in [3.63, 3.8) is 0 Å². The molecule has 0 fully saturated rings. The van der Waals surface area contributed by atoms with Crippen molar-refractivity contribution in [1.29, 1.82) is 0 Å². The Balaban J connectivity index is 2.70. The summed E-state index contributed by atoms with van der Waals surface area (Å²) in [6, 6.07) is 3.51. The number of halogens is 1. The predicted octanol–water partition coefficient (Wildman–Crippen LogP) is 3.20. The van der Waals surface area contributed by atoms with Gasteiger partial charge in [0.15, 0.2) is 0 Å². The molecular weight excluding hydrogens is 198 g/mol. The molecule has 0 radical (unpaired) electrons. The van der Waals surface area contributed by atoms with Gasteiger partial charge in [0.1, 0.15) is 5.15 Å². The van der Waals surface area contributed by atoms with Gasteiger partial charge in [0, 0.05) is 6.20 Å². The summed E-state index contributed by atoms with van der Waals surface area (Å²) in [7, 11) is 0. The minimum atomic E-state index is -0.459. The Kier molecular flexibility index (Phi) is 3.51. The van der Waals surface area contributed by atoms with E-state index in [1.54, 1.807) is 12.3 Å². The lowest BCUT2D eigenvalue weighted by Gasteiger charge is -2.22. The first-order chi connectivity index (χ1) is 6.38. The van der Waals surface area contributed by atoms with E-state index in [0.29, 0.717) is 5.15 Å². The normalized spacial score (nSPS) is 14.1. The van der Waals surface area contributed by atoms with Gasteiger partial charge in [-0.1, -0.05) is 38.4 Å². The van der Waals surface area contributed by atoms with Crippen LogP contribution in [-0.4, -0.2) is 10.1 Å². The van der Waals surface area contributed by atoms with Crippen LogP contribution in [0.3, 0.4) is 0 Å². The largest absolute Gasteiger partial charge is 0.388 e. The van der Waals surface area contributed by atoms with Crippen LogP contribution in [0, 0.1) is 5.41 Å². The van der Waals surface area contributed by atoms with Crippen molar-refractivity contribution in [3.05, 3.63) is 29.0 Å². The van der Waals surface area contributed by atoms with Gasteiger partial charge in [0.2, 0.25) is 0 Å². The number of pyridine rings is 1. The van der Waals surface area contributed by atoms with Crippen LogP contribution in [0.4, 0.5) is 0 Å². The number of hydrogen-bond acceptors (Lipinski definition) is 2. The smallest absolute Gasteiger partial charge is 0.129 e. The molecule has 0 saturated carbocycles. The van der Waals surface area contributed by atoms with Gasteiger partial charge in [-0.05, 0) is 23.5 Å². The third-order valence-electron chi connectivity index (χ3n) is 1.94. The van der Waals surface area contributed by atoms with Crippen molar-refractivity contribution in [1.82, 2.24) is 4.98 Å². The van der Waals surface area contributed by atoms with E-state index in [1.807, 2.05) is 6.07 Å². The lowest BCUT2D eigenvalue weighted by Crippen LogP contribution is -2.11. The fraction of sp³-hybridized carbons (Fsp3) is 0.545. The van der Waals surface area contributed by atoms with E-state index in [-0.39, 0.29) is 5.41 Å². The molecule has 0 amide bonds. The van der Waals surface area contributed by atoms with Crippen LogP contribution < -0.4 is 0 Å². The average molecular weight is 214 g/mol. The molecule has 0 unspecified atom stereocenters. The number of nitrogens with zero attached hydrogens (tertiary/aromatic N) is 1. The van der Waals surface area contributed by atoms with Crippen molar-refractivity contribution in [2.24, 2.45) is 5.41 Å². The molecule has 3 heteroatoms. The van der Waals surface area contributed by atoms with Gasteiger partial charge in [0.25, 0.3) is 0 Å². The van der Waals surface area contributed by atoms with Crippen molar-refractivity contribution in [3.8, 4) is 0 Å². The molecule has 1 rings (SSSR count). The highest BCUT2D eigenvalue weighted by Crippen LogP contribution is 2.28. The Morgan fingerprint density at radius 2 is 2.07 bits per heavy atom. The molecule has 1 heterocycles. The van der Waals surface area contributed by atoms with Gasteiger partial charge >= 0.3 is 0 Å². The third-order valence-corrected chi connectivity index (χ3v) is 2.16. The number of rotatable bonds is 2. The quantitative estimate of drug-likeness (QED) is 0.766. The summed E-state index contributed by atoms with van der Waals surface area (Å²) in [6.07, 6.45) is 1.88. The minimum absolute atomic E-state index is 0.110. The van der Waals surface area contributed by atoms with Gasteiger partial charge in [-0.15, -0.1) is 0 Å². The van der Waals surface area contributed by atoms with Gasteiger partial charge < -0.3 is 5.11 Å². The van der Waals surface area contributed by atoms with Crippen molar-refractivity contribution in [2.45, 2.75) is 33.3 Å². The number of aromatic nitrogens is 1. The molecular formula is C11H16ClNO. The van der Waals surface area contributed by atoms with Crippen molar-refractivity contribution in [2.75, 3.05) is 0 Å². The van der Waals surface area contributed by atoms with E-state index in [4.69, 9.17) is 11.6 Å². The molecule has 1 atom stereocenters. The zero-order valence-corrected chi connectivity index (χ0v) is 9.54. The summed E-state index contributed by atoms with van der Waals surface area (Å²) in [5.41, 5.74) is 0.934. The fourth-order valence-electron chi connectivity index (χ4n) is 1.28. The summed E-state index contributed by atoms with van der Waals surface area (Å²) >= 11 is 5.66. The maximum Gasteiger partial charge on any atom is 0.129 e. The first-order valence-corrected chi connectivity index (χ1v) is 5.06. The standard InChI is InChI=1S/C11H16ClNO/c1-11(2,3)6-9(14)8-4-5-10(12)13-7-8/h4-5,7,9,14H,6H2,1-3H3/t9-/m1/s1. The summed E-state index contributed by atoms with van der Waals surface area (Å²) < 4.78 is 0. The lowest BCUT2D eigenvalue weighted by molar-refractivity contribution is 0.122. The van der Waals surface area contributed by atoms with Gasteiger partial charge in [-0.25, -0.2) is 4.98 Å². The van der Waals surface area contributed by atoms with E-state index in [9.17, 15) is 5.11 Å². The van der Waals surface area contributed by atoms with E-state index < -0.39 is 6.10 Å². The molecule has 0 aromatic carbocycles. The number of hydrogen-bond donors (Lipinski definition) is 1. The second-order valence-electron chi connectivity index (χ2n) is 4.69. The maximum absolute atomic E-state index is 9.86. The number of aliphatic hydroxyl groups excluding tert-OH is 1.